The fraction of sp³-hybridized carbons (Fsp3) is 0.524. The highest BCUT2D eigenvalue weighted by Crippen LogP contribution is 2.53. The SMILES string of the molecule is CCOC(=O)C(CC(C)C)CP(=O)(CSc1ccc2ccccc2n1)OCC. The van der Waals surface area contributed by atoms with E-state index < -0.39 is 13.3 Å². The molecule has 1 heterocycles. The highest BCUT2D eigenvalue weighted by molar-refractivity contribution is 8.05. The van der Waals surface area contributed by atoms with Crippen molar-refractivity contribution in [3.8, 4) is 0 Å². The molecule has 2 aromatic rings. The molecular weight excluding hydrogens is 393 g/mol. The lowest BCUT2D eigenvalue weighted by atomic mass is 9.99. The van der Waals surface area contributed by atoms with Crippen LogP contribution in [0.1, 0.15) is 34.1 Å². The molecule has 5 nitrogen and oxygen atoms in total. The second-order valence-electron chi connectivity index (χ2n) is 7.11. The van der Waals surface area contributed by atoms with Crippen LogP contribution in [0.4, 0.5) is 0 Å². The van der Waals surface area contributed by atoms with Crippen LogP contribution >= 0.6 is 19.1 Å². The maximum atomic E-state index is 13.5. The van der Waals surface area contributed by atoms with Gasteiger partial charge < -0.3 is 9.26 Å². The number of benzene rings is 1. The van der Waals surface area contributed by atoms with Crippen molar-refractivity contribution >= 4 is 36.0 Å². The van der Waals surface area contributed by atoms with Crippen molar-refractivity contribution in [2.45, 2.75) is 39.1 Å². The van der Waals surface area contributed by atoms with Crippen LogP contribution in [0, 0.1) is 11.8 Å². The quantitative estimate of drug-likeness (QED) is 0.258. The Bertz CT molecular complexity index is 827. The van der Waals surface area contributed by atoms with Gasteiger partial charge in [-0.15, -0.1) is 0 Å². The highest BCUT2D eigenvalue weighted by atomic mass is 32.2. The van der Waals surface area contributed by atoms with Crippen LogP contribution in [0.25, 0.3) is 10.9 Å². The van der Waals surface area contributed by atoms with Crippen LogP contribution in [0.15, 0.2) is 41.4 Å². The van der Waals surface area contributed by atoms with Gasteiger partial charge in [-0.05, 0) is 38.3 Å². The van der Waals surface area contributed by atoms with Crippen LogP contribution in [-0.2, 0) is 18.6 Å². The van der Waals surface area contributed by atoms with Gasteiger partial charge >= 0.3 is 5.97 Å². The van der Waals surface area contributed by atoms with Gasteiger partial charge in [-0.1, -0.05) is 49.9 Å². The normalized spacial score (nSPS) is 14.8. The van der Waals surface area contributed by atoms with Gasteiger partial charge in [-0.3, -0.25) is 9.36 Å². The van der Waals surface area contributed by atoms with E-state index in [0.29, 0.717) is 31.0 Å². The van der Waals surface area contributed by atoms with E-state index in [1.807, 2.05) is 57.2 Å². The van der Waals surface area contributed by atoms with Crippen molar-refractivity contribution < 1.29 is 18.6 Å². The summed E-state index contributed by atoms with van der Waals surface area (Å²) in [6.07, 6.45) is 0.840. The molecule has 0 aliphatic rings. The number of esters is 1. The average Bonchev–Trinajstić information content (AvgIpc) is 2.66. The predicted molar refractivity (Wildman–Crippen MR) is 116 cm³/mol. The molecule has 1 aromatic carbocycles. The molecule has 1 aromatic heterocycles. The maximum Gasteiger partial charge on any atom is 0.309 e. The molecule has 0 radical (unpaired) electrons. The summed E-state index contributed by atoms with van der Waals surface area (Å²) in [6.45, 7) is 8.38. The van der Waals surface area contributed by atoms with Crippen molar-refractivity contribution in [1.29, 1.82) is 0 Å². The first-order valence-electron chi connectivity index (χ1n) is 9.74. The molecule has 0 saturated carbocycles. The van der Waals surface area contributed by atoms with E-state index in [9.17, 15) is 9.36 Å². The van der Waals surface area contributed by atoms with E-state index >= 15 is 0 Å². The van der Waals surface area contributed by atoms with Gasteiger partial charge in [0, 0.05) is 11.5 Å². The van der Waals surface area contributed by atoms with Gasteiger partial charge in [0.05, 0.1) is 35.2 Å². The Morgan fingerprint density at radius 1 is 1.14 bits per heavy atom. The molecule has 0 amide bonds. The number of fused-ring (bicyclic) bond motifs is 1. The zero-order chi connectivity index (χ0) is 20.6. The first-order valence-corrected chi connectivity index (χ1v) is 12.7. The number of aromatic nitrogens is 1. The Kier molecular flexibility index (Phi) is 9.00. The van der Waals surface area contributed by atoms with Crippen molar-refractivity contribution in [2.75, 3.05) is 24.9 Å². The van der Waals surface area contributed by atoms with Gasteiger partial charge in [0.1, 0.15) is 0 Å². The Morgan fingerprint density at radius 2 is 1.89 bits per heavy atom. The fourth-order valence-electron chi connectivity index (χ4n) is 3.08. The first kappa shape index (κ1) is 22.9. The first-order chi connectivity index (χ1) is 13.4. The molecule has 2 atom stereocenters. The van der Waals surface area contributed by atoms with Gasteiger partial charge in [0.15, 0.2) is 0 Å². The number of hydrogen-bond acceptors (Lipinski definition) is 6. The number of carbonyl (C=O) groups is 1. The summed E-state index contributed by atoms with van der Waals surface area (Å²) in [5.41, 5.74) is 1.20. The van der Waals surface area contributed by atoms with Crippen molar-refractivity contribution in [2.24, 2.45) is 11.8 Å². The molecule has 28 heavy (non-hydrogen) atoms. The number of pyridine rings is 1. The zero-order valence-electron chi connectivity index (χ0n) is 17.1. The van der Waals surface area contributed by atoms with Gasteiger partial charge in [-0.2, -0.15) is 0 Å². The molecular formula is C21H30NO4PS. The number of hydrogen-bond donors (Lipinski definition) is 0. The minimum atomic E-state index is -3.01. The Balaban J connectivity index is 2.13. The molecule has 0 aliphatic carbocycles. The smallest absolute Gasteiger partial charge is 0.309 e. The maximum absolute atomic E-state index is 13.5. The zero-order valence-corrected chi connectivity index (χ0v) is 18.8. The molecule has 2 rings (SSSR count). The average molecular weight is 424 g/mol. The summed E-state index contributed by atoms with van der Waals surface area (Å²) in [6, 6.07) is 11.8. The third-order valence-electron chi connectivity index (χ3n) is 4.22. The van der Waals surface area contributed by atoms with Gasteiger partial charge in [-0.25, -0.2) is 4.98 Å². The van der Waals surface area contributed by atoms with Crippen LogP contribution < -0.4 is 0 Å². The summed E-state index contributed by atoms with van der Waals surface area (Å²) >= 11 is 1.42. The highest BCUT2D eigenvalue weighted by Gasteiger charge is 2.33. The number of ether oxygens (including phenoxy) is 1. The number of nitrogens with zero attached hydrogens (tertiary/aromatic N) is 1. The summed E-state index contributed by atoms with van der Waals surface area (Å²) in [5.74, 6) is -0.397. The third-order valence-corrected chi connectivity index (χ3v) is 8.56. The molecule has 0 spiro atoms. The molecule has 0 aliphatic heterocycles. The van der Waals surface area contributed by atoms with Gasteiger partial charge in [0.2, 0.25) is 7.37 Å². The lowest BCUT2D eigenvalue weighted by Gasteiger charge is -2.23. The van der Waals surface area contributed by atoms with Crippen LogP contribution in [0.3, 0.4) is 0 Å². The second-order valence-corrected chi connectivity index (χ2v) is 11.1. The summed E-state index contributed by atoms with van der Waals surface area (Å²) in [5, 5.41) is 1.87. The Morgan fingerprint density at radius 3 is 2.57 bits per heavy atom. The number of thioether (sulfide) groups is 1. The molecule has 0 bridgehead atoms. The van der Waals surface area contributed by atoms with E-state index in [-0.39, 0.29) is 12.1 Å². The largest absolute Gasteiger partial charge is 0.466 e. The Hall–Kier alpha value is -1.36. The third kappa shape index (κ3) is 6.91. The summed E-state index contributed by atoms with van der Waals surface area (Å²) < 4.78 is 24.4. The molecule has 0 N–H and O–H groups in total. The molecule has 7 heteroatoms. The van der Waals surface area contributed by atoms with Crippen LogP contribution in [-0.4, -0.2) is 35.8 Å². The minimum Gasteiger partial charge on any atom is -0.466 e. The van der Waals surface area contributed by atoms with Crippen LogP contribution in [0.5, 0.6) is 0 Å². The predicted octanol–water partition coefficient (Wildman–Crippen LogP) is 5.82. The Labute approximate surface area is 172 Å². The molecule has 2 unspecified atom stereocenters. The monoisotopic (exact) mass is 423 g/mol. The second kappa shape index (κ2) is 11.0. The molecule has 0 saturated heterocycles. The van der Waals surface area contributed by atoms with Crippen molar-refractivity contribution in [3.63, 3.8) is 0 Å². The molecule has 0 fully saturated rings. The van der Waals surface area contributed by atoms with Crippen molar-refractivity contribution in [1.82, 2.24) is 4.98 Å². The van der Waals surface area contributed by atoms with Crippen molar-refractivity contribution in [3.05, 3.63) is 36.4 Å². The summed E-state index contributed by atoms with van der Waals surface area (Å²) in [4.78, 5) is 17.0. The number of carbonyl (C=O) groups excluding carboxylic acids is 1. The van der Waals surface area contributed by atoms with Gasteiger partial charge in [0.25, 0.3) is 0 Å². The van der Waals surface area contributed by atoms with E-state index in [1.54, 1.807) is 6.92 Å². The lowest BCUT2D eigenvalue weighted by molar-refractivity contribution is -0.147. The van der Waals surface area contributed by atoms with E-state index in [4.69, 9.17) is 9.26 Å². The minimum absolute atomic E-state index is 0.207. The standard InChI is InChI=1S/C21H30NO4PS/c1-5-25-21(23)18(13-16(3)4)14-27(24,26-6-2)15-28-20-12-11-17-9-7-8-10-19(17)22-20/h7-12,16,18H,5-6,13-15H2,1-4H3. The van der Waals surface area contributed by atoms with E-state index in [1.165, 1.54) is 11.8 Å². The van der Waals surface area contributed by atoms with E-state index in [0.717, 1.165) is 15.9 Å². The molecule has 154 valence electrons. The van der Waals surface area contributed by atoms with Crippen LogP contribution in [0.2, 0.25) is 0 Å². The number of rotatable bonds is 11. The summed E-state index contributed by atoms with van der Waals surface area (Å²) in [7, 11) is -3.01. The van der Waals surface area contributed by atoms with E-state index in [2.05, 4.69) is 4.98 Å². The fourth-order valence-corrected chi connectivity index (χ4v) is 6.99. The topological polar surface area (TPSA) is 65.5 Å². The number of para-hydroxylation sites is 1. The lowest BCUT2D eigenvalue weighted by Crippen LogP contribution is -2.24.